The van der Waals surface area contributed by atoms with Crippen molar-refractivity contribution in [1.82, 2.24) is 0 Å². The number of hydrogen-bond acceptors (Lipinski definition) is 2. The lowest BCUT2D eigenvalue weighted by atomic mass is 9.33. The summed E-state index contributed by atoms with van der Waals surface area (Å²) >= 11 is 0. The SMILES string of the molecule is Cc1cc2c3c(c1)N(c1ccc(C(C)(C)C)cc1-c1ccc(C(C)(C)C)cc1)c1cc4c(cc1B3c1cc(C(C)(C)c3ccccc3)ccc1N2c1ccc(C(C)(C)C)cc1)C(C)(C)CCC4(C)C. The first kappa shape index (κ1) is 46.9. The summed E-state index contributed by atoms with van der Waals surface area (Å²) in [4.78, 5) is 5.28. The van der Waals surface area contributed by atoms with Crippen LogP contribution >= 0.6 is 0 Å². The van der Waals surface area contributed by atoms with Gasteiger partial charge in [0.05, 0.1) is 5.69 Å². The lowest BCUT2D eigenvalue weighted by Gasteiger charge is -2.48. The molecule has 3 heteroatoms. The zero-order chi connectivity index (χ0) is 49.4. The van der Waals surface area contributed by atoms with Crippen molar-refractivity contribution < 1.29 is 0 Å². The summed E-state index contributed by atoms with van der Waals surface area (Å²) in [5, 5.41) is 0. The molecule has 7 aromatic carbocycles. The summed E-state index contributed by atoms with van der Waals surface area (Å²) in [7, 11) is 0. The highest BCUT2D eigenvalue weighted by Gasteiger charge is 2.47. The Morgan fingerprint density at radius 1 is 0.420 bits per heavy atom. The molecule has 0 saturated heterocycles. The second-order valence-corrected chi connectivity index (χ2v) is 25.9. The van der Waals surface area contributed by atoms with Gasteiger partial charge in [-0.15, -0.1) is 0 Å². The maximum Gasteiger partial charge on any atom is 0.252 e. The van der Waals surface area contributed by atoms with Gasteiger partial charge in [-0.1, -0.05) is 195 Å². The van der Waals surface area contributed by atoms with Crippen molar-refractivity contribution in [3.8, 4) is 11.1 Å². The predicted molar refractivity (Wildman–Crippen MR) is 301 cm³/mol. The summed E-state index contributed by atoms with van der Waals surface area (Å²) in [6, 6.07) is 55.0. The average molecular weight is 907 g/mol. The van der Waals surface area contributed by atoms with E-state index in [1.165, 1.54) is 106 Å². The Balaban J connectivity index is 1.33. The maximum absolute atomic E-state index is 2.69. The van der Waals surface area contributed by atoms with E-state index in [9.17, 15) is 0 Å². The van der Waals surface area contributed by atoms with Gasteiger partial charge < -0.3 is 9.80 Å². The van der Waals surface area contributed by atoms with E-state index in [0.717, 1.165) is 12.8 Å². The van der Waals surface area contributed by atoms with Crippen LogP contribution < -0.4 is 26.2 Å². The zero-order valence-corrected chi connectivity index (χ0v) is 44.7. The van der Waals surface area contributed by atoms with Crippen molar-refractivity contribution in [3.05, 3.63) is 184 Å². The molecule has 0 bridgehead atoms. The van der Waals surface area contributed by atoms with E-state index in [-0.39, 0.29) is 39.2 Å². The van der Waals surface area contributed by atoms with E-state index in [2.05, 4.69) is 260 Å². The third kappa shape index (κ3) is 7.88. The molecular formula is C66H75BN2. The third-order valence-electron chi connectivity index (χ3n) is 16.6. The van der Waals surface area contributed by atoms with Crippen LogP contribution in [0, 0.1) is 6.92 Å². The van der Waals surface area contributed by atoms with Gasteiger partial charge in [0, 0.05) is 39.4 Å². The van der Waals surface area contributed by atoms with Crippen LogP contribution in [0.5, 0.6) is 0 Å². The lowest BCUT2D eigenvalue weighted by molar-refractivity contribution is 0.332. The van der Waals surface area contributed by atoms with Crippen molar-refractivity contribution in [1.29, 1.82) is 0 Å². The highest BCUT2D eigenvalue weighted by Crippen LogP contribution is 2.52. The number of benzene rings is 7. The summed E-state index contributed by atoms with van der Waals surface area (Å²) in [5.41, 5.74) is 24.9. The molecule has 0 atom stereocenters. The van der Waals surface area contributed by atoms with Gasteiger partial charge in [0.25, 0.3) is 6.71 Å². The Morgan fingerprint density at radius 2 is 0.913 bits per heavy atom. The maximum atomic E-state index is 2.69. The Bertz CT molecular complexity index is 3130. The molecule has 0 aromatic heterocycles. The fourth-order valence-electron chi connectivity index (χ4n) is 11.8. The molecule has 352 valence electrons. The summed E-state index contributed by atoms with van der Waals surface area (Å²) in [6.07, 6.45) is 2.32. The molecule has 2 heterocycles. The van der Waals surface area contributed by atoms with Crippen molar-refractivity contribution in [2.75, 3.05) is 9.80 Å². The van der Waals surface area contributed by atoms with Crippen LogP contribution in [0.15, 0.2) is 140 Å². The number of rotatable bonds is 5. The lowest BCUT2D eigenvalue weighted by Crippen LogP contribution is -2.62. The van der Waals surface area contributed by atoms with Crippen molar-refractivity contribution in [3.63, 3.8) is 0 Å². The molecule has 1 aliphatic carbocycles. The van der Waals surface area contributed by atoms with Crippen LogP contribution in [0.4, 0.5) is 34.1 Å². The number of fused-ring (bicyclic) bond motifs is 5. The molecule has 69 heavy (non-hydrogen) atoms. The van der Waals surface area contributed by atoms with E-state index in [0.29, 0.717) is 0 Å². The van der Waals surface area contributed by atoms with Gasteiger partial charge in [-0.05, 0) is 162 Å². The standard InChI is InChI=1S/C66H75BN2/c1-42-36-58-60-59(37-42)69(55-32-28-47(63(8,9)10)38-50(55)43-22-24-44(25-23-43)61(2,3)4)57-41-52-51(64(11,12)34-35-65(52,13)14)40-54(57)67(60)53-39-48(66(15,16)46-20-18-17-19-21-46)29-33-56(53)68(58)49-30-26-45(27-31-49)62(5,6)7/h17-33,36-41H,34-35H2,1-16H3. The topological polar surface area (TPSA) is 6.48 Å². The molecule has 0 radical (unpaired) electrons. The highest BCUT2D eigenvalue weighted by molar-refractivity contribution is 7.00. The van der Waals surface area contributed by atoms with Crippen molar-refractivity contribution in [2.45, 2.75) is 156 Å². The van der Waals surface area contributed by atoms with Gasteiger partial charge in [0.2, 0.25) is 0 Å². The van der Waals surface area contributed by atoms with Gasteiger partial charge in [0.15, 0.2) is 0 Å². The van der Waals surface area contributed by atoms with E-state index < -0.39 is 0 Å². The first-order chi connectivity index (χ1) is 32.3. The summed E-state index contributed by atoms with van der Waals surface area (Å²) < 4.78 is 0. The molecule has 2 aliphatic heterocycles. The highest BCUT2D eigenvalue weighted by atomic mass is 15.2. The average Bonchev–Trinajstić information content (AvgIpc) is 3.29. The van der Waals surface area contributed by atoms with E-state index in [4.69, 9.17) is 0 Å². The Hall–Kier alpha value is -5.80. The van der Waals surface area contributed by atoms with Crippen LogP contribution in [0.25, 0.3) is 11.1 Å². The van der Waals surface area contributed by atoms with Gasteiger partial charge in [0.1, 0.15) is 0 Å². The van der Waals surface area contributed by atoms with Crippen LogP contribution in [0.2, 0.25) is 0 Å². The van der Waals surface area contributed by atoms with Gasteiger partial charge >= 0.3 is 0 Å². The smallest absolute Gasteiger partial charge is 0.252 e. The van der Waals surface area contributed by atoms with Crippen molar-refractivity contribution in [2.24, 2.45) is 0 Å². The Kier molecular flexibility index (Phi) is 10.8. The van der Waals surface area contributed by atoms with Crippen molar-refractivity contribution >= 4 is 57.2 Å². The largest absolute Gasteiger partial charge is 0.311 e. The number of hydrogen-bond donors (Lipinski definition) is 0. The predicted octanol–water partition coefficient (Wildman–Crippen LogP) is 16.3. The molecule has 0 N–H and O–H groups in total. The number of anilines is 6. The van der Waals surface area contributed by atoms with Crippen LogP contribution in [0.1, 0.15) is 161 Å². The monoisotopic (exact) mass is 907 g/mol. The minimum Gasteiger partial charge on any atom is -0.311 e. The second-order valence-electron chi connectivity index (χ2n) is 25.9. The summed E-state index contributed by atoms with van der Waals surface area (Å²) in [5.74, 6) is 0. The van der Waals surface area contributed by atoms with Gasteiger partial charge in [-0.3, -0.25) is 0 Å². The number of aryl methyl sites for hydroxylation is 1. The molecule has 0 fully saturated rings. The van der Waals surface area contributed by atoms with Crippen LogP contribution in [-0.2, 0) is 32.5 Å². The molecule has 2 nitrogen and oxygen atoms in total. The molecule has 7 aromatic rings. The number of nitrogens with zero attached hydrogens (tertiary/aromatic N) is 2. The van der Waals surface area contributed by atoms with Crippen LogP contribution in [-0.4, -0.2) is 6.71 Å². The van der Waals surface area contributed by atoms with E-state index in [1.807, 2.05) is 0 Å². The van der Waals surface area contributed by atoms with E-state index in [1.54, 1.807) is 0 Å². The summed E-state index contributed by atoms with van der Waals surface area (Å²) in [6.45, 7) is 37.9. The van der Waals surface area contributed by atoms with Gasteiger partial charge in [-0.2, -0.15) is 0 Å². The quantitative estimate of drug-likeness (QED) is 0.159. The molecule has 0 spiro atoms. The second kappa shape index (κ2) is 15.9. The normalized spacial score (nSPS) is 16.1. The van der Waals surface area contributed by atoms with E-state index >= 15 is 0 Å². The van der Waals surface area contributed by atoms with Gasteiger partial charge in [-0.25, -0.2) is 0 Å². The minimum absolute atomic E-state index is 0.00276. The molecule has 0 unspecified atom stereocenters. The first-order valence-electron chi connectivity index (χ1n) is 25.8. The fraction of sp³-hybridized carbons (Fsp3) is 0.364. The Morgan fingerprint density at radius 3 is 1.49 bits per heavy atom. The molecule has 10 rings (SSSR count). The minimum atomic E-state index is -0.219. The fourth-order valence-corrected chi connectivity index (χ4v) is 11.8. The molecular weight excluding hydrogens is 832 g/mol. The zero-order valence-electron chi connectivity index (χ0n) is 44.7. The Labute approximate surface area is 416 Å². The molecule has 0 saturated carbocycles. The molecule has 3 aliphatic rings. The molecule has 0 amide bonds. The van der Waals surface area contributed by atoms with Crippen LogP contribution in [0.3, 0.4) is 0 Å². The third-order valence-corrected chi connectivity index (χ3v) is 16.6. The first-order valence-corrected chi connectivity index (χ1v) is 25.8.